The number of nitrogens with one attached hydrogen (secondary N) is 1. The van der Waals surface area contributed by atoms with Crippen LogP contribution in [0.15, 0.2) is 64.5 Å². The summed E-state index contributed by atoms with van der Waals surface area (Å²) >= 11 is 1.29. The molecule has 1 saturated heterocycles. The first-order valence-corrected chi connectivity index (χ1v) is 14.1. The molecule has 11 heteroatoms. The molecule has 1 fully saturated rings. The molecule has 6 nitrogen and oxygen atoms in total. The summed E-state index contributed by atoms with van der Waals surface area (Å²) in [6, 6.07) is 9.99. The molecular formula is C29H27F4N5OS. The summed E-state index contributed by atoms with van der Waals surface area (Å²) in [5.41, 5.74) is 0.219. The number of nitrogens with zero attached hydrogens (tertiary/aromatic N) is 4. The fraction of sp³-hybridized carbons (Fsp3) is 0.345. The van der Waals surface area contributed by atoms with Crippen LogP contribution in [0.2, 0.25) is 0 Å². The van der Waals surface area contributed by atoms with E-state index < -0.39 is 23.2 Å². The number of piperazine rings is 1. The third-order valence-corrected chi connectivity index (χ3v) is 8.76. The van der Waals surface area contributed by atoms with Crippen molar-refractivity contribution in [1.29, 1.82) is 0 Å². The van der Waals surface area contributed by atoms with Crippen LogP contribution in [-0.2, 0) is 12.7 Å². The second-order valence-corrected chi connectivity index (χ2v) is 11.6. The van der Waals surface area contributed by atoms with Crippen LogP contribution in [0.4, 0.5) is 23.4 Å². The zero-order chi connectivity index (χ0) is 28.2. The molecule has 2 aromatic carbocycles. The lowest BCUT2D eigenvalue weighted by molar-refractivity contribution is -0.137. The molecule has 0 aliphatic carbocycles. The monoisotopic (exact) mass is 569 g/mol. The van der Waals surface area contributed by atoms with Crippen molar-refractivity contribution in [2.45, 2.75) is 49.5 Å². The number of hydrogen-bond acceptors (Lipinski definition) is 6. The van der Waals surface area contributed by atoms with Crippen molar-refractivity contribution in [3.63, 3.8) is 0 Å². The molecule has 3 atom stereocenters. The maximum atomic E-state index is 14.8. The van der Waals surface area contributed by atoms with Gasteiger partial charge in [0, 0.05) is 71.6 Å². The molecule has 0 bridgehead atoms. The Hall–Kier alpha value is -3.44. The van der Waals surface area contributed by atoms with Crippen LogP contribution >= 0.6 is 11.8 Å². The first kappa shape index (κ1) is 26.8. The lowest BCUT2D eigenvalue weighted by Gasteiger charge is -2.37. The van der Waals surface area contributed by atoms with Crippen LogP contribution in [0.3, 0.4) is 0 Å². The fourth-order valence-corrected chi connectivity index (χ4v) is 7.26. The van der Waals surface area contributed by atoms with Gasteiger partial charge in [-0.05, 0) is 55.3 Å². The SMILES string of the molecule is C[C@@H]1CN(c2nc(=O)n3c4c(c(-c5ccc(F)cc5)c(C(F)(F)F)cc24)SC[C@@H](c2ccncc2)C3)C[C@H](C)N1. The second-order valence-electron chi connectivity index (χ2n) is 10.5. The van der Waals surface area contributed by atoms with E-state index in [4.69, 9.17) is 0 Å². The Morgan fingerprint density at radius 3 is 2.33 bits per heavy atom. The molecular weight excluding hydrogens is 542 g/mol. The number of aromatic nitrogens is 3. The number of alkyl halides is 3. The van der Waals surface area contributed by atoms with Gasteiger partial charge in [0.2, 0.25) is 0 Å². The molecule has 0 amide bonds. The van der Waals surface area contributed by atoms with E-state index in [1.165, 1.54) is 28.5 Å². The molecule has 4 aromatic rings. The molecule has 0 radical (unpaired) electrons. The third kappa shape index (κ3) is 4.85. The smallest absolute Gasteiger partial charge is 0.353 e. The van der Waals surface area contributed by atoms with Crippen molar-refractivity contribution >= 4 is 28.5 Å². The van der Waals surface area contributed by atoms with Gasteiger partial charge in [-0.1, -0.05) is 12.1 Å². The molecule has 4 heterocycles. The van der Waals surface area contributed by atoms with Gasteiger partial charge in [-0.15, -0.1) is 11.8 Å². The summed E-state index contributed by atoms with van der Waals surface area (Å²) in [5, 5.41) is 3.71. The topological polar surface area (TPSA) is 63.1 Å². The Labute approximate surface area is 232 Å². The average molecular weight is 570 g/mol. The highest BCUT2D eigenvalue weighted by molar-refractivity contribution is 7.99. The van der Waals surface area contributed by atoms with Gasteiger partial charge in [0.15, 0.2) is 0 Å². The van der Waals surface area contributed by atoms with Gasteiger partial charge in [-0.3, -0.25) is 9.55 Å². The van der Waals surface area contributed by atoms with Crippen molar-refractivity contribution in [2.24, 2.45) is 0 Å². The number of hydrogen-bond donors (Lipinski definition) is 1. The van der Waals surface area contributed by atoms with Crippen LogP contribution in [-0.4, -0.2) is 45.5 Å². The minimum Gasteiger partial charge on any atom is -0.353 e. The second kappa shape index (κ2) is 10.2. The number of thioether (sulfide) groups is 1. The zero-order valence-corrected chi connectivity index (χ0v) is 22.7. The number of halogens is 4. The zero-order valence-electron chi connectivity index (χ0n) is 21.9. The van der Waals surface area contributed by atoms with E-state index in [9.17, 15) is 22.4 Å². The molecule has 0 unspecified atom stereocenters. The van der Waals surface area contributed by atoms with Crippen LogP contribution in [0.1, 0.15) is 30.9 Å². The van der Waals surface area contributed by atoms with Gasteiger partial charge in [-0.25, -0.2) is 9.18 Å². The van der Waals surface area contributed by atoms with Gasteiger partial charge in [0.25, 0.3) is 0 Å². The van der Waals surface area contributed by atoms with Crippen LogP contribution in [0.25, 0.3) is 22.0 Å². The standard InChI is InChI=1S/C29H27F4N5OS/c1-16-12-37(13-17(2)35-16)27-22-11-23(29(31,32)33)24(19-3-5-21(30)6-4-19)26-25(22)38(28(39)36-27)14-20(15-40-26)18-7-9-34-10-8-18/h3-11,16-17,20,35H,12-15H2,1-2H3/t16-,17+,20-/m0/s1. The Morgan fingerprint density at radius 1 is 1.00 bits per heavy atom. The van der Waals surface area contributed by atoms with Crippen molar-refractivity contribution in [3.8, 4) is 11.1 Å². The minimum atomic E-state index is -4.70. The number of benzene rings is 2. The maximum Gasteiger partial charge on any atom is 0.417 e. The maximum absolute atomic E-state index is 14.8. The molecule has 1 N–H and O–H groups in total. The van der Waals surface area contributed by atoms with E-state index in [-0.39, 0.29) is 46.9 Å². The summed E-state index contributed by atoms with van der Waals surface area (Å²) in [5.74, 6) is -0.00706. The molecule has 6 rings (SSSR count). The Kier molecular flexibility index (Phi) is 6.82. The van der Waals surface area contributed by atoms with Gasteiger partial charge in [0.05, 0.1) is 11.1 Å². The normalized spacial score (nSPS) is 21.4. The quantitative estimate of drug-likeness (QED) is 0.320. The van der Waals surface area contributed by atoms with Crippen LogP contribution in [0.5, 0.6) is 0 Å². The van der Waals surface area contributed by atoms with Crippen molar-refractivity contribution in [3.05, 3.63) is 82.3 Å². The van der Waals surface area contributed by atoms with E-state index in [1.54, 1.807) is 12.4 Å². The minimum absolute atomic E-state index is 0.0484. The van der Waals surface area contributed by atoms with E-state index in [0.29, 0.717) is 29.3 Å². The molecule has 208 valence electrons. The lowest BCUT2D eigenvalue weighted by Crippen LogP contribution is -2.55. The lowest BCUT2D eigenvalue weighted by atomic mass is 9.96. The summed E-state index contributed by atoms with van der Waals surface area (Å²) in [6.45, 7) is 5.25. The van der Waals surface area contributed by atoms with Crippen LogP contribution in [0, 0.1) is 5.82 Å². The summed E-state index contributed by atoms with van der Waals surface area (Å²) in [4.78, 5) is 24.4. The Bertz CT molecular complexity index is 1610. The fourth-order valence-electron chi connectivity index (χ4n) is 5.86. The van der Waals surface area contributed by atoms with Gasteiger partial charge in [-0.2, -0.15) is 18.2 Å². The first-order chi connectivity index (χ1) is 19.1. The number of pyridine rings is 1. The largest absolute Gasteiger partial charge is 0.417 e. The molecule has 2 aromatic heterocycles. The Balaban J connectivity index is 1.68. The van der Waals surface area contributed by atoms with E-state index in [2.05, 4.69) is 15.3 Å². The summed E-state index contributed by atoms with van der Waals surface area (Å²) in [7, 11) is 0. The summed E-state index contributed by atoms with van der Waals surface area (Å²) < 4.78 is 59.7. The number of anilines is 1. The van der Waals surface area contributed by atoms with Crippen molar-refractivity contribution in [2.75, 3.05) is 23.7 Å². The molecule has 40 heavy (non-hydrogen) atoms. The average Bonchev–Trinajstić information content (AvgIpc) is 3.12. The van der Waals surface area contributed by atoms with Gasteiger partial charge >= 0.3 is 11.9 Å². The van der Waals surface area contributed by atoms with E-state index in [0.717, 1.165) is 23.8 Å². The van der Waals surface area contributed by atoms with Crippen molar-refractivity contribution in [1.82, 2.24) is 19.9 Å². The first-order valence-electron chi connectivity index (χ1n) is 13.1. The van der Waals surface area contributed by atoms with E-state index in [1.807, 2.05) is 30.9 Å². The van der Waals surface area contributed by atoms with Gasteiger partial charge in [0.1, 0.15) is 11.6 Å². The van der Waals surface area contributed by atoms with Crippen molar-refractivity contribution < 1.29 is 17.6 Å². The number of rotatable bonds is 3. The van der Waals surface area contributed by atoms with Crippen LogP contribution < -0.4 is 15.9 Å². The van der Waals surface area contributed by atoms with E-state index >= 15 is 0 Å². The summed E-state index contributed by atoms with van der Waals surface area (Å²) in [6.07, 6.45) is -1.37. The Morgan fingerprint density at radius 2 is 1.68 bits per heavy atom. The highest BCUT2D eigenvalue weighted by Crippen LogP contribution is 2.49. The van der Waals surface area contributed by atoms with Gasteiger partial charge < -0.3 is 10.2 Å². The molecule has 0 spiro atoms. The molecule has 2 aliphatic rings. The molecule has 2 aliphatic heterocycles. The highest BCUT2D eigenvalue weighted by Gasteiger charge is 2.39. The third-order valence-electron chi connectivity index (χ3n) is 7.50. The molecule has 0 saturated carbocycles. The predicted octanol–water partition coefficient (Wildman–Crippen LogP) is 5.69. The predicted molar refractivity (Wildman–Crippen MR) is 148 cm³/mol. The highest BCUT2D eigenvalue weighted by atomic mass is 32.2.